The van der Waals surface area contributed by atoms with E-state index in [0.717, 1.165) is 50.6 Å². The lowest BCUT2D eigenvalue weighted by molar-refractivity contribution is 0.110. The zero-order valence-corrected chi connectivity index (χ0v) is 13.0. The van der Waals surface area contributed by atoms with Crippen LogP contribution in [0.1, 0.15) is 32.6 Å². The van der Waals surface area contributed by atoms with E-state index in [1.165, 1.54) is 12.8 Å². The van der Waals surface area contributed by atoms with E-state index in [1.807, 2.05) is 31.2 Å². The minimum Gasteiger partial charge on any atom is -0.490 e. The van der Waals surface area contributed by atoms with E-state index in [1.54, 1.807) is 0 Å². The summed E-state index contributed by atoms with van der Waals surface area (Å²) >= 11 is 0. The van der Waals surface area contributed by atoms with Gasteiger partial charge < -0.3 is 19.5 Å². The second-order valence-electron chi connectivity index (χ2n) is 5.27. The van der Waals surface area contributed by atoms with Gasteiger partial charge in [-0.05, 0) is 51.3 Å². The molecule has 21 heavy (non-hydrogen) atoms. The zero-order valence-electron chi connectivity index (χ0n) is 13.0. The first-order valence-corrected chi connectivity index (χ1v) is 8.07. The summed E-state index contributed by atoms with van der Waals surface area (Å²) in [7, 11) is 0. The van der Waals surface area contributed by atoms with Crippen LogP contribution < -0.4 is 14.8 Å². The second kappa shape index (κ2) is 9.64. The molecular weight excluding hydrogens is 266 g/mol. The van der Waals surface area contributed by atoms with Crippen LogP contribution in [0.15, 0.2) is 24.3 Å². The van der Waals surface area contributed by atoms with E-state index in [9.17, 15) is 0 Å². The lowest BCUT2D eigenvalue weighted by atomic mass is 10.2. The minimum absolute atomic E-state index is 0.430. The molecule has 4 nitrogen and oxygen atoms in total. The molecule has 1 aliphatic rings. The highest BCUT2D eigenvalue weighted by Crippen LogP contribution is 2.26. The van der Waals surface area contributed by atoms with E-state index in [4.69, 9.17) is 14.2 Å². The number of ether oxygens (including phenoxy) is 3. The molecule has 1 fully saturated rings. The number of nitrogens with one attached hydrogen (secondary N) is 1. The van der Waals surface area contributed by atoms with Crippen LogP contribution in [0.2, 0.25) is 0 Å². The van der Waals surface area contributed by atoms with Crippen molar-refractivity contribution in [2.45, 2.75) is 38.7 Å². The summed E-state index contributed by atoms with van der Waals surface area (Å²) in [5, 5.41) is 3.45. The van der Waals surface area contributed by atoms with Crippen LogP contribution in [0.25, 0.3) is 0 Å². The molecule has 1 atom stereocenters. The average molecular weight is 293 g/mol. The maximum Gasteiger partial charge on any atom is 0.161 e. The van der Waals surface area contributed by atoms with Crippen LogP contribution in [-0.4, -0.2) is 39.0 Å². The number of rotatable bonds is 10. The summed E-state index contributed by atoms with van der Waals surface area (Å²) in [5.74, 6) is 1.67. The van der Waals surface area contributed by atoms with Gasteiger partial charge in [0.15, 0.2) is 11.5 Å². The SMILES string of the molecule is CCOc1ccccc1OCCCCNC[C@@H]1CCCO1. The van der Waals surface area contributed by atoms with E-state index in [2.05, 4.69) is 5.32 Å². The number of unbranched alkanes of at least 4 members (excludes halogenated alkanes) is 1. The molecule has 1 saturated heterocycles. The van der Waals surface area contributed by atoms with Gasteiger partial charge in [0.1, 0.15) is 0 Å². The lowest BCUT2D eigenvalue weighted by Crippen LogP contribution is -2.27. The Balaban J connectivity index is 1.53. The first-order valence-electron chi connectivity index (χ1n) is 8.07. The van der Waals surface area contributed by atoms with Crippen molar-refractivity contribution in [3.63, 3.8) is 0 Å². The van der Waals surface area contributed by atoms with Crippen molar-refractivity contribution >= 4 is 0 Å². The third-order valence-corrected chi connectivity index (χ3v) is 3.55. The highest BCUT2D eigenvalue weighted by atomic mass is 16.5. The van der Waals surface area contributed by atoms with E-state index in [0.29, 0.717) is 12.7 Å². The summed E-state index contributed by atoms with van der Waals surface area (Å²) in [6.45, 7) is 6.31. The smallest absolute Gasteiger partial charge is 0.161 e. The molecule has 1 aromatic carbocycles. The summed E-state index contributed by atoms with van der Waals surface area (Å²) in [6, 6.07) is 7.84. The normalized spacial score (nSPS) is 17.9. The van der Waals surface area contributed by atoms with Crippen LogP contribution in [0.4, 0.5) is 0 Å². The highest BCUT2D eigenvalue weighted by molar-refractivity contribution is 5.39. The van der Waals surface area contributed by atoms with Crippen molar-refractivity contribution in [2.75, 3.05) is 32.9 Å². The third kappa shape index (κ3) is 5.94. The molecule has 2 rings (SSSR count). The third-order valence-electron chi connectivity index (χ3n) is 3.55. The van der Waals surface area contributed by atoms with Crippen LogP contribution in [0, 0.1) is 0 Å². The van der Waals surface area contributed by atoms with E-state index >= 15 is 0 Å². The molecule has 0 saturated carbocycles. The molecule has 0 aromatic heterocycles. The highest BCUT2D eigenvalue weighted by Gasteiger charge is 2.14. The maximum absolute atomic E-state index is 5.79. The fraction of sp³-hybridized carbons (Fsp3) is 0.647. The minimum atomic E-state index is 0.430. The summed E-state index contributed by atoms with van der Waals surface area (Å²) < 4.78 is 16.9. The Labute approximate surface area is 127 Å². The predicted molar refractivity (Wildman–Crippen MR) is 84.2 cm³/mol. The van der Waals surface area contributed by atoms with Gasteiger partial charge in [-0.2, -0.15) is 0 Å². The Hall–Kier alpha value is -1.26. The van der Waals surface area contributed by atoms with Crippen molar-refractivity contribution in [3.05, 3.63) is 24.3 Å². The molecule has 0 amide bonds. The van der Waals surface area contributed by atoms with Crippen molar-refractivity contribution in [1.82, 2.24) is 5.32 Å². The second-order valence-corrected chi connectivity index (χ2v) is 5.27. The lowest BCUT2D eigenvalue weighted by Gasteiger charge is -2.12. The molecule has 0 radical (unpaired) electrons. The quantitative estimate of drug-likeness (QED) is 0.673. The Bertz CT molecular complexity index is 391. The van der Waals surface area contributed by atoms with E-state index < -0.39 is 0 Å². The van der Waals surface area contributed by atoms with Crippen LogP contribution in [0.3, 0.4) is 0 Å². The van der Waals surface area contributed by atoms with Crippen LogP contribution >= 0.6 is 0 Å². The summed E-state index contributed by atoms with van der Waals surface area (Å²) in [4.78, 5) is 0. The zero-order chi connectivity index (χ0) is 14.8. The fourth-order valence-electron chi connectivity index (χ4n) is 2.45. The van der Waals surface area contributed by atoms with Gasteiger partial charge in [-0.3, -0.25) is 0 Å². The Kier molecular flexibility index (Phi) is 7.39. The fourth-order valence-corrected chi connectivity index (χ4v) is 2.45. The van der Waals surface area contributed by atoms with Crippen LogP contribution in [0.5, 0.6) is 11.5 Å². The molecule has 0 spiro atoms. The predicted octanol–water partition coefficient (Wildman–Crippen LogP) is 3.01. The first-order chi connectivity index (χ1) is 10.4. The Morgan fingerprint density at radius 1 is 1.19 bits per heavy atom. The van der Waals surface area contributed by atoms with Gasteiger partial charge in [0.05, 0.1) is 19.3 Å². The molecule has 1 heterocycles. The molecule has 1 aromatic rings. The molecular formula is C17H27NO3. The van der Waals surface area contributed by atoms with Crippen molar-refractivity contribution in [2.24, 2.45) is 0 Å². The molecule has 4 heteroatoms. The van der Waals surface area contributed by atoms with Crippen LogP contribution in [-0.2, 0) is 4.74 Å². The average Bonchev–Trinajstić information content (AvgIpc) is 3.01. The van der Waals surface area contributed by atoms with Gasteiger partial charge in [-0.15, -0.1) is 0 Å². The molecule has 1 N–H and O–H groups in total. The molecule has 0 bridgehead atoms. The molecule has 0 unspecified atom stereocenters. The van der Waals surface area contributed by atoms with Gasteiger partial charge in [0.25, 0.3) is 0 Å². The van der Waals surface area contributed by atoms with Gasteiger partial charge in [-0.1, -0.05) is 12.1 Å². The van der Waals surface area contributed by atoms with Gasteiger partial charge in [0, 0.05) is 13.2 Å². The van der Waals surface area contributed by atoms with Crippen molar-refractivity contribution < 1.29 is 14.2 Å². The summed E-state index contributed by atoms with van der Waals surface area (Å²) in [6.07, 6.45) is 4.99. The number of hydrogen-bond acceptors (Lipinski definition) is 4. The monoisotopic (exact) mass is 293 g/mol. The molecule has 118 valence electrons. The number of hydrogen-bond donors (Lipinski definition) is 1. The maximum atomic E-state index is 5.79. The standard InChI is InChI=1S/C17H27NO3/c1-2-19-16-9-3-4-10-17(16)21-12-6-5-11-18-14-15-8-7-13-20-15/h3-4,9-10,15,18H,2,5-8,11-14H2,1H3/t15-/m0/s1. The Morgan fingerprint density at radius 2 is 2.00 bits per heavy atom. The number of para-hydroxylation sites is 2. The number of benzene rings is 1. The summed E-state index contributed by atoms with van der Waals surface area (Å²) in [5.41, 5.74) is 0. The van der Waals surface area contributed by atoms with Gasteiger partial charge >= 0.3 is 0 Å². The van der Waals surface area contributed by atoms with Gasteiger partial charge in [0.2, 0.25) is 0 Å². The molecule has 1 aliphatic heterocycles. The topological polar surface area (TPSA) is 39.7 Å². The van der Waals surface area contributed by atoms with Crippen molar-refractivity contribution in [3.8, 4) is 11.5 Å². The van der Waals surface area contributed by atoms with Crippen molar-refractivity contribution in [1.29, 1.82) is 0 Å². The first kappa shape index (κ1) is 16.1. The Morgan fingerprint density at radius 3 is 2.71 bits per heavy atom. The molecule has 0 aliphatic carbocycles. The largest absolute Gasteiger partial charge is 0.490 e. The van der Waals surface area contributed by atoms with Gasteiger partial charge in [-0.25, -0.2) is 0 Å². The van der Waals surface area contributed by atoms with E-state index in [-0.39, 0.29) is 0 Å².